The van der Waals surface area contributed by atoms with Crippen LogP contribution in [0.2, 0.25) is 0 Å². The predicted octanol–water partition coefficient (Wildman–Crippen LogP) is 1.64. The van der Waals surface area contributed by atoms with Crippen LogP contribution in [0.1, 0.15) is 46.0 Å². The topological polar surface area (TPSA) is 163 Å². The molecule has 10 heteroatoms. The Kier molecular flexibility index (Phi) is 6.26. The van der Waals surface area contributed by atoms with Gasteiger partial charge in [0, 0.05) is 0 Å². The number of aliphatic hydroxyl groups excluding tert-OH is 3. The van der Waals surface area contributed by atoms with Gasteiger partial charge in [-0.25, -0.2) is 4.79 Å². The summed E-state index contributed by atoms with van der Waals surface area (Å²) >= 11 is 0. The number of hydrogen-bond acceptors (Lipinski definition) is 9. The number of aliphatic hydroxyl groups is 3. The minimum absolute atomic E-state index is 0.0418. The standard InChI is InChI=1S/C24H26O10/c1-11-7-13-8-14(22(30)31)9-15(18(13)19(27)17(11)12(2)26)33-23-20(28)21(29)24(16(10-25)34-23)5-3-4-6-32-24/h4,6-9,16,20-21,23,25,27-29H,3,5,10H2,1-2H3,(H,30,31). The lowest BCUT2D eigenvalue weighted by atomic mass is 9.79. The molecule has 5 unspecified atom stereocenters. The quantitative estimate of drug-likeness (QED) is 0.403. The SMILES string of the molecule is CC(=O)c1c(C)cc2cc(C(=O)O)cc(OC3OC(CO)C4(CCC=CO4)C(O)C3O)c2c1O. The van der Waals surface area contributed by atoms with Gasteiger partial charge in [-0.05, 0) is 55.8 Å². The summed E-state index contributed by atoms with van der Waals surface area (Å²) in [6.45, 7) is 2.35. The number of rotatable bonds is 5. The largest absolute Gasteiger partial charge is 0.506 e. The molecule has 0 saturated carbocycles. The Bertz CT molecular complexity index is 1170. The molecule has 5 N–H and O–H groups in total. The fourth-order valence-corrected chi connectivity index (χ4v) is 4.75. The molecule has 0 aliphatic carbocycles. The Morgan fingerprint density at radius 2 is 1.97 bits per heavy atom. The van der Waals surface area contributed by atoms with Crippen LogP contribution in [0.15, 0.2) is 30.5 Å². The Morgan fingerprint density at radius 3 is 2.56 bits per heavy atom. The normalized spacial score (nSPS) is 28.6. The van der Waals surface area contributed by atoms with Gasteiger partial charge < -0.3 is 39.7 Å². The summed E-state index contributed by atoms with van der Waals surface area (Å²) in [6.07, 6.45) is -1.84. The Balaban J connectivity index is 1.80. The lowest BCUT2D eigenvalue weighted by Gasteiger charge is -2.50. The number of carbonyl (C=O) groups is 2. The van der Waals surface area contributed by atoms with E-state index < -0.39 is 54.3 Å². The van der Waals surface area contributed by atoms with Gasteiger partial charge in [0.05, 0.1) is 29.4 Å². The predicted molar refractivity (Wildman–Crippen MR) is 118 cm³/mol. The molecule has 2 heterocycles. The molecule has 182 valence electrons. The van der Waals surface area contributed by atoms with Gasteiger partial charge >= 0.3 is 5.97 Å². The van der Waals surface area contributed by atoms with Crippen LogP contribution in [0, 0.1) is 6.92 Å². The van der Waals surface area contributed by atoms with E-state index in [-0.39, 0.29) is 34.1 Å². The van der Waals surface area contributed by atoms with Gasteiger partial charge in [-0.2, -0.15) is 0 Å². The highest BCUT2D eigenvalue weighted by Crippen LogP contribution is 2.43. The first kappa shape index (κ1) is 24.0. The van der Waals surface area contributed by atoms with Crippen LogP contribution in [0.3, 0.4) is 0 Å². The number of aryl methyl sites for hydroxylation is 1. The Hall–Kier alpha value is -3.18. The van der Waals surface area contributed by atoms with Crippen LogP contribution in [-0.2, 0) is 9.47 Å². The van der Waals surface area contributed by atoms with Gasteiger partial charge in [0.25, 0.3) is 0 Å². The number of phenolic OH excluding ortho intramolecular Hbond substituents is 1. The molecule has 1 fully saturated rings. The van der Waals surface area contributed by atoms with E-state index in [0.717, 1.165) is 6.07 Å². The maximum atomic E-state index is 12.1. The van der Waals surface area contributed by atoms with Crippen molar-refractivity contribution < 1.29 is 49.3 Å². The third-order valence-corrected chi connectivity index (χ3v) is 6.41. The van der Waals surface area contributed by atoms with Crippen molar-refractivity contribution in [3.63, 3.8) is 0 Å². The van der Waals surface area contributed by atoms with Crippen LogP contribution >= 0.6 is 0 Å². The summed E-state index contributed by atoms with van der Waals surface area (Å²) in [6, 6.07) is 4.00. The first-order chi connectivity index (χ1) is 16.1. The first-order valence-corrected chi connectivity index (χ1v) is 10.8. The molecular formula is C24H26O10. The Morgan fingerprint density at radius 1 is 1.24 bits per heavy atom. The molecule has 0 amide bonds. The van der Waals surface area contributed by atoms with Crippen molar-refractivity contribution in [1.29, 1.82) is 0 Å². The molecular weight excluding hydrogens is 448 g/mol. The molecule has 1 saturated heterocycles. The number of ketones is 1. The van der Waals surface area contributed by atoms with Crippen molar-refractivity contribution in [3.8, 4) is 11.5 Å². The summed E-state index contributed by atoms with van der Waals surface area (Å²) in [5.74, 6) is -2.25. The Labute approximate surface area is 194 Å². The molecule has 1 spiro atoms. The fourth-order valence-electron chi connectivity index (χ4n) is 4.75. The van der Waals surface area contributed by atoms with Crippen molar-refractivity contribution in [2.24, 2.45) is 0 Å². The average Bonchev–Trinajstić information content (AvgIpc) is 2.79. The number of ether oxygens (including phenoxy) is 3. The second-order valence-electron chi connectivity index (χ2n) is 8.56. The second-order valence-corrected chi connectivity index (χ2v) is 8.56. The average molecular weight is 474 g/mol. The fraction of sp³-hybridized carbons (Fsp3) is 0.417. The van der Waals surface area contributed by atoms with Gasteiger partial charge in [0.1, 0.15) is 29.8 Å². The number of allylic oxidation sites excluding steroid dienone is 1. The maximum Gasteiger partial charge on any atom is 0.335 e. The van der Waals surface area contributed by atoms with E-state index in [2.05, 4.69) is 0 Å². The van der Waals surface area contributed by atoms with Gasteiger partial charge in [0.2, 0.25) is 6.29 Å². The number of hydrogen-bond donors (Lipinski definition) is 5. The lowest BCUT2D eigenvalue weighted by molar-refractivity contribution is -0.316. The zero-order valence-corrected chi connectivity index (χ0v) is 18.6. The second kappa shape index (κ2) is 8.88. The van der Waals surface area contributed by atoms with Crippen LogP contribution in [0.5, 0.6) is 11.5 Å². The number of fused-ring (bicyclic) bond motifs is 1. The van der Waals surface area contributed by atoms with E-state index in [0.29, 0.717) is 12.0 Å². The van der Waals surface area contributed by atoms with Gasteiger partial charge in [-0.15, -0.1) is 0 Å². The van der Waals surface area contributed by atoms with Crippen molar-refractivity contribution in [1.82, 2.24) is 0 Å². The summed E-state index contributed by atoms with van der Waals surface area (Å²) in [5, 5.41) is 52.4. The number of benzene rings is 2. The van der Waals surface area contributed by atoms with Crippen LogP contribution in [0.25, 0.3) is 10.8 Å². The highest BCUT2D eigenvalue weighted by molar-refractivity contribution is 6.08. The molecule has 10 nitrogen and oxygen atoms in total. The molecule has 5 atom stereocenters. The summed E-state index contributed by atoms with van der Waals surface area (Å²) in [4.78, 5) is 23.8. The van der Waals surface area contributed by atoms with Crippen LogP contribution in [-0.4, -0.2) is 74.1 Å². The monoisotopic (exact) mass is 474 g/mol. The summed E-state index contributed by atoms with van der Waals surface area (Å²) in [5.41, 5.74) is -1.08. The zero-order chi connectivity index (χ0) is 24.8. The molecule has 2 aliphatic rings. The highest BCUT2D eigenvalue weighted by atomic mass is 16.7. The van der Waals surface area contributed by atoms with Crippen molar-refractivity contribution in [3.05, 3.63) is 47.2 Å². The molecule has 4 rings (SSSR count). The molecule has 2 aromatic rings. The lowest BCUT2D eigenvalue weighted by Crippen LogP contribution is -2.68. The van der Waals surface area contributed by atoms with Gasteiger partial charge in [-0.1, -0.05) is 6.07 Å². The van der Waals surface area contributed by atoms with Gasteiger partial charge in [-0.3, -0.25) is 4.79 Å². The summed E-state index contributed by atoms with van der Waals surface area (Å²) in [7, 11) is 0. The van der Waals surface area contributed by atoms with Crippen LogP contribution < -0.4 is 4.74 Å². The molecule has 0 aromatic heterocycles. The highest BCUT2D eigenvalue weighted by Gasteiger charge is 2.58. The third-order valence-electron chi connectivity index (χ3n) is 6.41. The van der Waals surface area contributed by atoms with E-state index in [1.807, 2.05) is 0 Å². The minimum Gasteiger partial charge on any atom is -0.506 e. The smallest absolute Gasteiger partial charge is 0.335 e. The molecule has 34 heavy (non-hydrogen) atoms. The molecule has 2 aromatic carbocycles. The number of carbonyl (C=O) groups excluding carboxylic acids is 1. The van der Waals surface area contributed by atoms with E-state index in [1.54, 1.807) is 19.1 Å². The molecule has 0 radical (unpaired) electrons. The maximum absolute atomic E-state index is 12.1. The van der Waals surface area contributed by atoms with Crippen molar-refractivity contribution in [2.75, 3.05) is 6.61 Å². The number of Topliss-reactive ketones (excluding diaryl/α,β-unsaturated/α-hetero) is 1. The number of carboxylic acids is 1. The number of carboxylic acid groups (broad SMARTS) is 1. The van der Waals surface area contributed by atoms with Crippen molar-refractivity contribution >= 4 is 22.5 Å². The van der Waals surface area contributed by atoms with Gasteiger partial charge in [0.15, 0.2) is 11.4 Å². The minimum atomic E-state index is -1.64. The van der Waals surface area contributed by atoms with Crippen molar-refractivity contribution in [2.45, 2.75) is 56.9 Å². The van der Waals surface area contributed by atoms with E-state index in [1.165, 1.54) is 19.3 Å². The van der Waals surface area contributed by atoms with Crippen LogP contribution in [0.4, 0.5) is 0 Å². The summed E-state index contributed by atoms with van der Waals surface area (Å²) < 4.78 is 17.2. The number of aromatic hydroxyl groups is 1. The zero-order valence-electron chi connectivity index (χ0n) is 18.6. The van der Waals surface area contributed by atoms with E-state index in [9.17, 15) is 35.1 Å². The first-order valence-electron chi connectivity index (χ1n) is 10.8. The number of phenols is 1. The molecule has 2 aliphatic heterocycles. The molecule has 0 bridgehead atoms. The third kappa shape index (κ3) is 3.78. The van der Waals surface area contributed by atoms with E-state index >= 15 is 0 Å². The number of aromatic carboxylic acids is 1. The van der Waals surface area contributed by atoms with E-state index in [4.69, 9.17) is 14.2 Å².